The van der Waals surface area contributed by atoms with Crippen LogP contribution in [0.2, 0.25) is 15.1 Å². The number of carbonyl (C=O) groups excluding carboxylic acids is 2. The van der Waals surface area contributed by atoms with Crippen LogP contribution in [0.1, 0.15) is 15.2 Å². The van der Waals surface area contributed by atoms with Crippen LogP contribution < -0.4 is 11.1 Å². The van der Waals surface area contributed by atoms with E-state index < -0.39 is 17.9 Å². The number of nitrogens with zero attached hydrogens (tertiary/aromatic N) is 3. The van der Waals surface area contributed by atoms with Crippen LogP contribution in [0.5, 0.6) is 0 Å². The Morgan fingerprint density at radius 1 is 0.974 bits per heavy atom. The van der Waals surface area contributed by atoms with Gasteiger partial charge in [0, 0.05) is 29.4 Å². The van der Waals surface area contributed by atoms with Gasteiger partial charge in [-0.2, -0.15) is 5.10 Å². The fourth-order valence-corrected chi connectivity index (χ4v) is 5.26. The third-order valence-corrected chi connectivity index (χ3v) is 8.00. The van der Waals surface area contributed by atoms with Crippen molar-refractivity contribution in [3.63, 3.8) is 0 Å². The molecule has 2 amide bonds. The number of benzene rings is 2. The molecule has 39 heavy (non-hydrogen) atoms. The first kappa shape index (κ1) is 26.9. The van der Waals surface area contributed by atoms with Gasteiger partial charge in [0.25, 0.3) is 5.91 Å². The van der Waals surface area contributed by atoms with Gasteiger partial charge in [-0.1, -0.05) is 46.9 Å². The highest BCUT2D eigenvalue weighted by Crippen LogP contribution is 2.34. The third kappa shape index (κ3) is 6.15. The van der Waals surface area contributed by atoms with Crippen LogP contribution in [-0.2, 0) is 11.2 Å². The lowest BCUT2D eigenvalue weighted by Gasteiger charge is -2.15. The second kappa shape index (κ2) is 11.6. The number of hydrogen-bond acceptors (Lipinski definition) is 5. The summed E-state index contributed by atoms with van der Waals surface area (Å²) >= 11 is 19.6. The number of rotatable bonds is 8. The molecule has 11 heteroatoms. The normalized spacial score (nSPS) is 11.8. The number of amides is 2. The van der Waals surface area contributed by atoms with E-state index in [2.05, 4.69) is 10.3 Å². The summed E-state index contributed by atoms with van der Waals surface area (Å²) < 4.78 is 1.74. The summed E-state index contributed by atoms with van der Waals surface area (Å²) in [5, 5.41) is 8.94. The summed E-state index contributed by atoms with van der Waals surface area (Å²) in [5.74, 6) is -1.04. The highest BCUT2D eigenvalue weighted by Gasteiger charge is 2.22. The van der Waals surface area contributed by atoms with Gasteiger partial charge in [0.1, 0.15) is 6.04 Å². The number of carbonyl (C=O) groups is 2. The minimum absolute atomic E-state index is 0.245. The van der Waals surface area contributed by atoms with Crippen LogP contribution in [0.4, 0.5) is 0 Å². The van der Waals surface area contributed by atoms with Crippen LogP contribution in [-0.4, -0.2) is 32.6 Å². The first-order chi connectivity index (χ1) is 18.8. The quantitative estimate of drug-likeness (QED) is 0.215. The Morgan fingerprint density at radius 3 is 2.46 bits per heavy atom. The van der Waals surface area contributed by atoms with Crippen LogP contribution in [0.3, 0.4) is 0 Å². The van der Waals surface area contributed by atoms with Gasteiger partial charge < -0.3 is 11.1 Å². The molecule has 0 saturated carbocycles. The van der Waals surface area contributed by atoms with Crippen molar-refractivity contribution >= 4 is 58.0 Å². The fourth-order valence-electron chi connectivity index (χ4n) is 3.93. The topological polar surface area (TPSA) is 103 Å². The summed E-state index contributed by atoms with van der Waals surface area (Å²) in [6.07, 6.45) is 3.66. The van der Waals surface area contributed by atoms with E-state index >= 15 is 0 Å². The molecule has 0 saturated heterocycles. The second-order valence-corrected chi connectivity index (χ2v) is 10.9. The molecule has 0 fully saturated rings. The molecule has 0 spiro atoms. The van der Waals surface area contributed by atoms with Gasteiger partial charge in [-0.25, -0.2) is 4.68 Å². The van der Waals surface area contributed by atoms with Crippen LogP contribution in [0.25, 0.3) is 27.5 Å². The number of pyridine rings is 1. The molecule has 5 rings (SSSR count). The number of thiophene rings is 1. The zero-order valence-corrected chi connectivity index (χ0v) is 23.2. The van der Waals surface area contributed by atoms with E-state index in [4.69, 9.17) is 45.6 Å². The minimum atomic E-state index is -0.886. The Hall–Kier alpha value is -3.69. The maximum absolute atomic E-state index is 13.1. The van der Waals surface area contributed by atoms with Crippen molar-refractivity contribution in [3.05, 3.63) is 111 Å². The maximum atomic E-state index is 13.1. The molecule has 5 aromatic rings. The van der Waals surface area contributed by atoms with Gasteiger partial charge in [0.15, 0.2) is 0 Å². The SMILES string of the molecule is NC(=O)[C@H](Cc1ccc(Cl)cc1)NC(=O)c1ccc(-c2cc(-c3cccnc3)nn2-c2ccc(Cl)c(Cl)c2)s1. The lowest BCUT2D eigenvalue weighted by Crippen LogP contribution is -2.45. The zero-order valence-electron chi connectivity index (χ0n) is 20.1. The Morgan fingerprint density at radius 2 is 1.77 bits per heavy atom. The van der Waals surface area contributed by atoms with Gasteiger partial charge in [-0.05, 0) is 66.2 Å². The van der Waals surface area contributed by atoms with Crippen molar-refractivity contribution < 1.29 is 9.59 Å². The summed E-state index contributed by atoms with van der Waals surface area (Å²) in [6, 6.07) is 20.6. The fraction of sp³-hybridized carbons (Fsp3) is 0.0714. The lowest BCUT2D eigenvalue weighted by molar-refractivity contribution is -0.119. The highest BCUT2D eigenvalue weighted by molar-refractivity contribution is 7.17. The summed E-state index contributed by atoms with van der Waals surface area (Å²) in [4.78, 5) is 30.6. The number of nitrogens with one attached hydrogen (secondary N) is 1. The summed E-state index contributed by atoms with van der Waals surface area (Å²) in [7, 11) is 0. The van der Waals surface area contributed by atoms with Crippen molar-refractivity contribution in [2.45, 2.75) is 12.5 Å². The van der Waals surface area contributed by atoms with Crippen molar-refractivity contribution in [3.8, 4) is 27.5 Å². The predicted octanol–water partition coefficient (Wildman–Crippen LogP) is 6.45. The van der Waals surface area contributed by atoms with Crippen LogP contribution >= 0.6 is 46.1 Å². The Labute approximate surface area is 243 Å². The zero-order chi connectivity index (χ0) is 27.5. The number of primary amides is 1. The van der Waals surface area contributed by atoms with Crippen molar-refractivity contribution in [1.29, 1.82) is 0 Å². The first-order valence-electron chi connectivity index (χ1n) is 11.7. The van der Waals surface area contributed by atoms with Crippen LogP contribution in [0.15, 0.2) is 85.2 Å². The van der Waals surface area contributed by atoms with E-state index in [0.717, 1.165) is 21.7 Å². The molecule has 0 aliphatic heterocycles. The van der Waals surface area contributed by atoms with E-state index in [9.17, 15) is 9.59 Å². The summed E-state index contributed by atoms with van der Waals surface area (Å²) in [6.45, 7) is 0. The predicted molar refractivity (Wildman–Crippen MR) is 156 cm³/mol. The molecular formula is C28H20Cl3N5O2S. The molecule has 2 aromatic carbocycles. The van der Waals surface area contributed by atoms with E-state index in [-0.39, 0.29) is 6.42 Å². The monoisotopic (exact) mass is 595 g/mol. The van der Waals surface area contributed by atoms with Crippen molar-refractivity contribution in [2.75, 3.05) is 0 Å². The van der Waals surface area contributed by atoms with Gasteiger partial charge in [-0.3, -0.25) is 14.6 Å². The number of nitrogens with two attached hydrogens (primary N) is 1. The minimum Gasteiger partial charge on any atom is -0.368 e. The van der Waals surface area contributed by atoms with Gasteiger partial charge in [-0.15, -0.1) is 11.3 Å². The largest absolute Gasteiger partial charge is 0.368 e. The number of aromatic nitrogens is 3. The molecule has 0 aliphatic rings. The second-order valence-electron chi connectivity index (χ2n) is 8.59. The van der Waals surface area contributed by atoms with Crippen molar-refractivity contribution in [1.82, 2.24) is 20.1 Å². The lowest BCUT2D eigenvalue weighted by atomic mass is 10.1. The Bertz CT molecular complexity index is 1650. The molecule has 0 bridgehead atoms. The Kier molecular flexibility index (Phi) is 7.99. The molecule has 0 radical (unpaired) electrons. The standard InChI is InChI=1S/C28H20Cl3N5O2S/c29-18-5-3-16(4-6-18)12-23(27(32)37)34-28(38)26-10-9-25(39-26)24-14-22(17-2-1-11-33-15-17)35-36(24)19-7-8-20(30)21(31)13-19/h1-11,13-15,23H,12H2,(H2,32,37)(H,34,38)/t23-/m0/s1. The van der Waals surface area contributed by atoms with Gasteiger partial charge in [0.05, 0.1) is 36.9 Å². The molecular weight excluding hydrogens is 577 g/mol. The van der Waals surface area contributed by atoms with E-state index in [1.165, 1.54) is 11.3 Å². The third-order valence-electron chi connectivity index (χ3n) is 5.90. The molecule has 196 valence electrons. The van der Waals surface area contributed by atoms with E-state index in [1.807, 2.05) is 30.3 Å². The maximum Gasteiger partial charge on any atom is 0.262 e. The van der Waals surface area contributed by atoms with Crippen molar-refractivity contribution in [2.24, 2.45) is 5.73 Å². The van der Waals surface area contributed by atoms with E-state index in [1.54, 1.807) is 59.5 Å². The smallest absolute Gasteiger partial charge is 0.262 e. The molecule has 3 aromatic heterocycles. The van der Waals surface area contributed by atoms with Crippen LogP contribution in [0, 0.1) is 0 Å². The average Bonchev–Trinajstić information content (AvgIpc) is 3.59. The Balaban J connectivity index is 1.45. The molecule has 7 nitrogen and oxygen atoms in total. The van der Waals surface area contributed by atoms with E-state index in [0.29, 0.717) is 31.3 Å². The molecule has 1 atom stereocenters. The average molecular weight is 597 g/mol. The molecule has 0 unspecified atom stereocenters. The number of hydrogen-bond donors (Lipinski definition) is 2. The molecule has 0 aliphatic carbocycles. The molecule has 3 heterocycles. The number of halogens is 3. The van der Waals surface area contributed by atoms with Gasteiger partial charge in [0.2, 0.25) is 5.91 Å². The summed E-state index contributed by atoms with van der Waals surface area (Å²) in [5.41, 5.74) is 9.38. The van der Waals surface area contributed by atoms with Gasteiger partial charge >= 0.3 is 0 Å². The highest BCUT2D eigenvalue weighted by atomic mass is 35.5. The first-order valence-corrected chi connectivity index (χ1v) is 13.6. The molecule has 3 N–H and O–H groups in total.